The van der Waals surface area contributed by atoms with Crippen molar-refractivity contribution in [2.24, 2.45) is 11.3 Å². The first-order valence-corrected chi connectivity index (χ1v) is 5.10. The van der Waals surface area contributed by atoms with Gasteiger partial charge in [-0.15, -0.1) is 0 Å². The average molecular weight is 200 g/mol. The van der Waals surface area contributed by atoms with Crippen molar-refractivity contribution in [1.82, 2.24) is 4.90 Å². The van der Waals surface area contributed by atoms with Crippen LogP contribution in [0.15, 0.2) is 0 Å². The fraction of sp³-hybridized carbons (Fsp3) is 0.900. The highest BCUT2D eigenvalue weighted by Crippen LogP contribution is 2.21. The number of piperidine rings is 1. The second-order valence-electron chi connectivity index (χ2n) is 4.88. The first-order chi connectivity index (χ1) is 6.45. The van der Waals surface area contributed by atoms with Crippen LogP contribution in [0.1, 0.15) is 33.6 Å². The van der Waals surface area contributed by atoms with Gasteiger partial charge in [-0.2, -0.15) is 0 Å². The average Bonchev–Trinajstić information content (AvgIpc) is 2.15. The highest BCUT2D eigenvalue weighted by molar-refractivity contribution is 5.81. The zero-order valence-electron chi connectivity index (χ0n) is 9.25. The molecule has 2 N–H and O–H groups in total. The fourth-order valence-corrected chi connectivity index (χ4v) is 1.67. The van der Waals surface area contributed by atoms with E-state index in [-0.39, 0.29) is 17.4 Å². The van der Waals surface area contributed by atoms with Crippen LogP contribution in [0.2, 0.25) is 0 Å². The van der Waals surface area contributed by atoms with Crippen LogP contribution >= 0.6 is 0 Å². The van der Waals surface area contributed by atoms with Gasteiger partial charge in [0.15, 0.2) is 0 Å². The largest absolute Gasteiger partial charge is 0.342 e. The Morgan fingerprint density at radius 3 is 2.21 bits per heavy atom. The minimum absolute atomic E-state index is 0.124. The molecule has 0 aromatic carbocycles. The summed E-state index contributed by atoms with van der Waals surface area (Å²) in [7, 11) is 0. The van der Waals surface area contributed by atoms with Crippen molar-refractivity contribution in [1.29, 1.82) is 0 Å². The summed E-state index contributed by atoms with van der Waals surface area (Å²) in [4.78, 5) is 18.5. The molecular formula is C10H20N2O2. The van der Waals surface area contributed by atoms with Crippen molar-refractivity contribution >= 4 is 5.91 Å². The highest BCUT2D eigenvalue weighted by Gasteiger charge is 2.30. The van der Waals surface area contributed by atoms with Gasteiger partial charge in [-0.1, -0.05) is 20.8 Å². The third kappa shape index (κ3) is 2.69. The summed E-state index contributed by atoms with van der Waals surface area (Å²) in [5.74, 6) is 5.32. The summed E-state index contributed by atoms with van der Waals surface area (Å²) in [6, 6.07) is 0. The Morgan fingerprint density at radius 1 is 1.36 bits per heavy atom. The van der Waals surface area contributed by atoms with Crippen LogP contribution in [0.3, 0.4) is 0 Å². The van der Waals surface area contributed by atoms with Gasteiger partial charge in [-0.05, 0) is 12.8 Å². The number of amides is 1. The summed E-state index contributed by atoms with van der Waals surface area (Å²) in [6.07, 6.45) is 1.82. The van der Waals surface area contributed by atoms with Gasteiger partial charge in [0.1, 0.15) is 0 Å². The number of rotatable bonds is 1. The van der Waals surface area contributed by atoms with Crippen molar-refractivity contribution < 1.29 is 9.63 Å². The van der Waals surface area contributed by atoms with Crippen LogP contribution in [-0.2, 0) is 9.63 Å². The Bertz CT molecular complexity index is 203. The molecule has 0 spiro atoms. The molecule has 0 unspecified atom stereocenters. The lowest BCUT2D eigenvalue weighted by Gasteiger charge is -2.34. The third-order valence-electron chi connectivity index (χ3n) is 2.56. The molecule has 14 heavy (non-hydrogen) atoms. The number of hydrogen-bond donors (Lipinski definition) is 1. The molecule has 0 saturated carbocycles. The SMILES string of the molecule is CC(C)(C)C(=O)N1CCC(ON)CC1. The molecule has 1 rings (SSSR count). The molecule has 4 nitrogen and oxygen atoms in total. The Balaban J connectivity index is 2.46. The Kier molecular flexibility index (Phi) is 3.50. The number of likely N-dealkylation sites (tertiary alicyclic amines) is 1. The summed E-state index contributed by atoms with van der Waals surface area (Å²) in [6.45, 7) is 7.36. The van der Waals surface area contributed by atoms with E-state index in [2.05, 4.69) is 0 Å². The van der Waals surface area contributed by atoms with E-state index < -0.39 is 0 Å². The van der Waals surface area contributed by atoms with Crippen molar-refractivity contribution in [3.63, 3.8) is 0 Å². The van der Waals surface area contributed by atoms with Crippen molar-refractivity contribution in [3.8, 4) is 0 Å². The molecule has 1 amide bonds. The minimum Gasteiger partial charge on any atom is -0.342 e. The van der Waals surface area contributed by atoms with Crippen LogP contribution in [0.4, 0.5) is 0 Å². The predicted molar refractivity (Wildman–Crippen MR) is 54.3 cm³/mol. The molecule has 1 heterocycles. The molecule has 1 saturated heterocycles. The first kappa shape index (κ1) is 11.5. The molecule has 0 bridgehead atoms. The van der Waals surface area contributed by atoms with Gasteiger partial charge in [-0.3, -0.25) is 4.79 Å². The fourth-order valence-electron chi connectivity index (χ4n) is 1.67. The molecule has 0 aromatic heterocycles. The van der Waals surface area contributed by atoms with E-state index in [0.29, 0.717) is 0 Å². The lowest BCUT2D eigenvalue weighted by atomic mass is 9.93. The zero-order valence-corrected chi connectivity index (χ0v) is 9.25. The van der Waals surface area contributed by atoms with E-state index >= 15 is 0 Å². The smallest absolute Gasteiger partial charge is 0.227 e. The number of carbonyl (C=O) groups is 1. The maximum Gasteiger partial charge on any atom is 0.227 e. The number of nitrogens with zero attached hydrogens (tertiary/aromatic N) is 1. The molecule has 1 aliphatic heterocycles. The van der Waals surface area contributed by atoms with E-state index in [4.69, 9.17) is 10.7 Å². The molecule has 1 fully saturated rings. The standard InChI is InChI=1S/C10H20N2O2/c1-10(2,3)9(13)12-6-4-8(14-11)5-7-12/h8H,4-7,11H2,1-3H3. The predicted octanol–water partition coefficient (Wildman–Crippen LogP) is 0.914. The van der Waals surface area contributed by atoms with Gasteiger partial charge in [0.25, 0.3) is 0 Å². The summed E-state index contributed by atoms with van der Waals surface area (Å²) in [5, 5.41) is 0. The van der Waals surface area contributed by atoms with Crippen molar-refractivity contribution in [2.45, 2.75) is 39.7 Å². The Morgan fingerprint density at radius 2 is 1.86 bits per heavy atom. The third-order valence-corrected chi connectivity index (χ3v) is 2.56. The van der Waals surface area contributed by atoms with Gasteiger partial charge in [0, 0.05) is 18.5 Å². The summed E-state index contributed by atoms with van der Waals surface area (Å²) < 4.78 is 0. The van der Waals surface area contributed by atoms with Gasteiger partial charge < -0.3 is 9.74 Å². The van der Waals surface area contributed by atoms with Gasteiger partial charge in [-0.25, -0.2) is 5.90 Å². The second kappa shape index (κ2) is 4.28. The second-order valence-corrected chi connectivity index (χ2v) is 4.88. The Labute approximate surface area is 85.3 Å². The van der Waals surface area contributed by atoms with Gasteiger partial charge in [0.05, 0.1) is 6.10 Å². The van der Waals surface area contributed by atoms with Crippen LogP contribution < -0.4 is 5.90 Å². The molecule has 0 radical (unpaired) electrons. The van der Waals surface area contributed by atoms with Gasteiger partial charge in [0.2, 0.25) is 5.91 Å². The normalized spacial score (nSPS) is 19.9. The summed E-state index contributed by atoms with van der Waals surface area (Å²) >= 11 is 0. The van der Waals surface area contributed by atoms with E-state index in [1.165, 1.54) is 0 Å². The number of nitrogens with two attached hydrogens (primary N) is 1. The van der Waals surface area contributed by atoms with Crippen LogP contribution in [0, 0.1) is 5.41 Å². The number of carbonyl (C=O) groups excluding carboxylic acids is 1. The molecule has 0 atom stereocenters. The molecule has 0 aliphatic carbocycles. The molecule has 1 aliphatic rings. The maximum atomic E-state index is 11.9. The molecule has 82 valence electrons. The van der Waals surface area contributed by atoms with E-state index in [1.807, 2.05) is 25.7 Å². The monoisotopic (exact) mass is 200 g/mol. The lowest BCUT2D eigenvalue weighted by molar-refractivity contribution is -0.142. The molecule has 0 aromatic rings. The van der Waals surface area contributed by atoms with Crippen LogP contribution in [-0.4, -0.2) is 30.0 Å². The first-order valence-electron chi connectivity index (χ1n) is 5.10. The van der Waals surface area contributed by atoms with Gasteiger partial charge >= 0.3 is 0 Å². The minimum atomic E-state index is -0.281. The Hall–Kier alpha value is -0.610. The van der Waals surface area contributed by atoms with Crippen LogP contribution in [0.25, 0.3) is 0 Å². The molecule has 4 heteroatoms. The maximum absolute atomic E-state index is 11.9. The summed E-state index contributed by atoms with van der Waals surface area (Å²) in [5.41, 5.74) is -0.281. The van der Waals surface area contributed by atoms with E-state index in [1.54, 1.807) is 0 Å². The quantitative estimate of drug-likeness (QED) is 0.640. The van der Waals surface area contributed by atoms with Crippen LogP contribution in [0.5, 0.6) is 0 Å². The van der Waals surface area contributed by atoms with E-state index in [9.17, 15) is 4.79 Å². The van der Waals surface area contributed by atoms with Crippen molar-refractivity contribution in [3.05, 3.63) is 0 Å². The zero-order chi connectivity index (χ0) is 10.8. The lowest BCUT2D eigenvalue weighted by Crippen LogP contribution is -2.46. The number of hydrogen-bond acceptors (Lipinski definition) is 3. The molecular weight excluding hydrogens is 180 g/mol. The van der Waals surface area contributed by atoms with Crippen molar-refractivity contribution in [2.75, 3.05) is 13.1 Å². The topological polar surface area (TPSA) is 55.6 Å². The van der Waals surface area contributed by atoms with E-state index in [0.717, 1.165) is 25.9 Å². The highest BCUT2D eigenvalue weighted by atomic mass is 16.6.